The van der Waals surface area contributed by atoms with Gasteiger partial charge in [0.05, 0.1) is 25.4 Å². The summed E-state index contributed by atoms with van der Waals surface area (Å²) in [6.45, 7) is 4.36. The van der Waals surface area contributed by atoms with Crippen LogP contribution in [-0.2, 0) is 0 Å². The lowest BCUT2D eigenvalue weighted by atomic mass is 10.1. The number of ether oxygens (including phenoxy) is 2. The van der Waals surface area contributed by atoms with Gasteiger partial charge in [-0.1, -0.05) is 6.08 Å². The van der Waals surface area contributed by atoms with Crippen molar-refractivity contribution in [2.45, 2.75) is 0 Å². The first-order chi connectivity index (χ1) is 8.81. The number of pyridine rings is 1. The fourth-order valence-electron chi connectivity index (χ4n) is 1.88. The van der Waals surface area contributed by atoms with E-state index in [4.69, 9.17) is 9.47 Å². The third-order valence-corrected chi connectivity index (χ3v) is 2.67. The van der Waals surface area contributed by atoms with Gasteiger partial charge in [-0.05, 0) is 12.1 Å². The quantitative estimate of drug-likeness (QED) is 0.821. The number of aromatic nitrogens is 1. The summed E-state index contributed by atoms with van der Waals surface area (Å²) in [6, 6.07) is 5.72. The molecule has 94 valence electrons. The number of nitrogens with zero attached hydrogens (tertiary/aromatic N) is 1. The summed E-state index contributed by atoms with van der Waals surface area (Å²) in [4.78, 5) is 4.39. The molecule has 1 aromatic carbocycles. The third-order valence-electron chi connectivity index (χ3n) is 2.67. The predicted octanol–water partition coefficient (Wildman–Crippen LogP) is 2.85. The van der Waals surface area contributed by atoms with E-state index in [1.165, 1.54) is 0 Å². The van der Waals surface area contributed by atoms with E-state index in [-0.39, 0.29) is 0 Å². The Kier molecular flexibility index (Phi) is 3.67. The minimum Gasteiger partial charge on any atom is -0.493 e. The molecule has 0 bridgehead atoms. The zero-order valence-electron chi connectivity index (χ0n) is 10.6. The van der Waals surface area contributed by atoms with Crippen LogP contribution < -0.4 is 14.8 Å². The van der Waals surface area contributed by atoms with Crippen molar-refractivity contribution in [1.29, 1.82) is 0 Å². The molecule has 0 saturated carbocycles. The summed E-state index contributed by atoms with van der Waals surface area (Å²) in [5.74, 6) is 1.38. The molecule has 1 N–H and O–H groups in total. The molecule has 0 amide bonds. The molecular weight excluding hydrogens is 228 g/mol. The van der Waals surface area contributed by atoms with Crippen LogP contribution in [0, 0.1) is 0 Å². The van der Waals surface area contributed by atoms with Gasteiger partial charge in [-0.3, -0.25) is 4.98 Å². The van der Waals surface area contributed by atoms with E-state index in [0.717, 1.165) is 16.6 Å². The average Bonchev–Trinajstić information content (AvgIpc) is 2.43. The minimum atomic E-state index is 0.668. The molecule has 2 rings (SSSR count). The van der Waals surface area contributed by atoms with Gasteiger partial charge in [0.25, 0.3) is 0 Å². The van der Waals surface area contributed by atoms with E-state index in [9.17, 15) is 0 Å². The second kappa shape index (κ2) is 5.40. The van der Waals surface area contributed by atoms with Gasteiger partial charge in [-0.25, -0.2) is 0 Å². The highest BCUT2D eigenvalue weighted by Gasteiger charge is 2.13. The Hall–Kier alpha value is -2.23. The molecule has 0 radical (unpaired) electrons. The van der Waals surface area contributed by atoms with E-state index < -0.39 is 0 Å². The maximum atomic E-state index is 5.40. The predicted molar refractivity (Wildman–Crippen MR) is 73.5 cm³/mol. The number of hydrogen-bond donors (Lipinski definition) is 1. The fraction of sp³-hybridized carbons (Fsp3) is 0.214. The lowest BCUT2D eigenvalue weighted by molar-refractivity contribution is 0.358. The lowest BCUT2D eigenvalue weighted by Crippen LogP contribution is -2.01. The average molecular weight is 244 g/mol. The summed E-state index contributed by atoms with van der Waals surface area (Å²) in [7, 11) is 3.25. The molecule has 0 aliphatic carbocycles. The van der Waals surface area contributed by atoms with E-state index in [2.05, 4.69) is 16.9 Å². The molecule has 0 spiro atoms. The van der Waals surface area contributed by atoms with E-state index >= 15 is 0 Å². The summed E-state index contributed by atoms with van der Waals surface area (Å²) < 4.78 is 10.7. The first-order valence-electron chi connectivity index (χ1n) is 5.66. The van der Waals surface area contributed by atoms with Crippen molar-refractivity contribution in [3.05, 3.63) is 37.1 Å². The Labute approximate surface area is 106 Å². The van der Waals surface area contributed by atoms with Crippen LogP contribution in [-0.4, -0.2) is 25.7 Å². The Bertz CT molecular complexity index is 567. The van der Waals surface area contributed by atoms with Gasteiger partial charge in [-0.15, -0.1) is 6.58 Å². The number of fused-ring (bicyclic) bond motifs is 1. The summed E-state index contributed by atoms with van der Waals surface area (Å²) in [5, 5.41) is 4.17. The Morgan fingerprint density at radius 3 is 2.89 bits per heavy atom. The molecular formula is C14H16N2O2. The highest BCUT2D eigenvalue weighted by molar-refractivity contribution is 5.97. The summed E-state index contributed by atoms with van der Waals surface area (Å²) >= 11 is 0. The van der Waals surface area contributed by atoms with E-state index in [0.29, 0.717) is 18.0 Å². The molecule has 4 heteroatoms. The number of rotatable bonds is 5. The molecule has 0 unspecified atom stereocenters. The van der Waals surface area contributed by atoms with Crippen LogP contribution in [0.25, 0.3) is 10.9 Å². The summed E-state index contributed by atoms with van der Waals surface area (Å²) in [6.07, 6.45) is 3.55. The lowest BCUT2D eigenvalue weighted by Gasteiger charge is -2.14. The smallest absolute Gasteiger partial charge is 0.170 e. The molecule has 1 aromatic heterocycles. The topological polar surface area (TPSA) is 43.4 Å². The van der Waals surface area contributed by atoms with E-state index in [1.807, 2.05) is 18.2 Å². The van der Waals surface area contributed by atoms with Crippen molar-refractivity contribution in [1.82, 2.24) is 4.98 Å². The standard InChI is InChI=1S/C14H16N2O2/c1-4-7-15-11-9-12(17-2)14(18-3)10-6-5-8-16-13(10)11/h4-6,8-9,15H,1,7H2,2-3H3. The largest absolute Gasteiger partial charge is 0.493 e. The molecule has 0 atom stereocenters. The Morgan fingerprint density at radius 1 is 1.39 bits per heavy atom. The van der Waals surface area contributed by atoms with E-state index in [1.54, 1.807) is 26.5 Å². The van der Waals surface area contributed by atoms with Gasteiger partial charge in [0.2, 0.25) is 0 Å². The molecule has 2 aromatic rings. The highest BCUT2D eigenvalue weighted by Crippen LogP contribution is 2.38. The van der Waals surface area contributed by atoms with Crippen molar-refractivity contribution in [3.8, 4) is 11.5 Å². The Balaban J connectivity index is 2.66. The van der Waals surface area contributed by atoms with Gasteiger partial charge in [-0.2, -0.15) is 0 Å². The van der Waals surface area contributed by atoms with Crippen molar-refractivity contribution in [2.24, 2.45) is 0 Å². The second-order valence-corrected chi connectivity index (χ2v) is 3.73. The molecule has 0 aliphatic rings. The van der Waals surface area contributed by atoms with Crippen LogP contribution in [0.4, 0.5) is 5.69 Å². The van der Waals surface area contributed by atoms with Crippen molar-refractivity contribution >= 4 is 16.6 Å². The van der Waals surface area contributed by atoms with Crippen molar-refractivity contribution in [2.75, 3.05) is 26.1 Å². The van der Waals surface area contributed by atoms with Crippen LogP contribution in [0.3, 0.4) is 0 Å². The second-order valence-electron chi connectivity index (χ2n) is 3.73. The van der Waals surface area contributed by atoms with Crippen LogP contribution in [0.2, 0.25) is 0 Å². The van der Waals surface area contributed by atoms with Crippen LogP contribution in [0.15, 0.2) is 37.1 Å². The normalized spacial score (nSPS) is 10.1. The highest BCUT2D eigenvalue weighted by atomic mass is 16.5. The minimum absolute atomic E-state index is 0.668. The number of nitrogens with one attached hydrogen (secondary N) is 1. The fourth-order valence-corrected chi connectivity index (χ4v) is 1.88. The summed E-state index contributed by atoms with van der Waals surface area (Å²) in [5.41, 5.74) is 1.76. The van der Waals surface area contributed by atoms with Crippen LogP contribution >= 0.6 is 0 Å². The van der Waals surface area contributed by atoms with Gasteiger partial charge >= 0.3 is 0 Å². The molecule has 0 saturated heterocycles. The van der Waals surface area contributed by atoms with Crippen LogP contribution in [0.5, 0.6) is 11.5 Å². The zero-order chi connectivity index (χ0) is 13.0. The van der Waals surface area contributed by atoms with Gasteiger partial charge < -0.3 is 14.8 Å². The number of benzene rings is 1. The van der Waals surface area contributed by atoms with Crippen molar-refractivity contribution in [3.63, 3.8) is 0 Å². The number of anilines is 1. The third kappa shape index (κ3) is 2.09. The van der Waals surface area contributed by atoms with Crippen LogP contribution in [0.1, 0.15) is 0 Å². The number of methoxy groups -OCH3 is 2. The monoisotopic (exact) mass is 244 g/mol. The zero-order valence-corrected chi connectivity index (χ0v) is 10.6. The molecule has 18 heavy (non-hydrogen) atoms. The van der Waals surface area contributed by atoms with Crippen molar-refractivity contribution < 1.29 is 9.47 Å². The molecule has 0 aliphatic heterocycles. The molecule has 4 nitrogen and oxygen atoms in total. The first kappa shape index (κ1) is 12.2. The Morgan fingerprint density at radius 2 is 2.22 bits per heavy atom. The first-order valence-corrected chi connectivity index (χ1v) is 5.66. The molecule has 1 heterocycles. The SMILES string of the molecule is C=CCNc1cc(OC)c(OC)c2cccnc12. The molecule has 0 fully saturated rings. The van der Waals surface area contributed by atoms with Gasteiger partial charge in [0, 0.05) is 24.2 Å². The van der Waals surface area contributed by atoms with Gasteiger partial charge in [0.15, 0.2) is 11.5 Å². The number of hydrogen-bond acceptors (Lipinski definition) is 4. The van der Waals surface area contributed by atoms with Gasteiger partial charge in [0.1, 0.15) is 0 Å². The maximum absolute atomic E-state index is 5.40. The maximum Gasteiger partial charge on any atom is 0.170 e.